The molecule has 4 nitrogen and oxygen atoms in total. The molecule has 0 spiro atoms. The van der Waals surface area contributed by atoms with Crippen molar-refractivity contribution in [1.29, 1.82) is 5.26 Å². The molecule has 2 aromatic rings. The third-order valence-electron chi connectivity index (χ3n) is 2.52. The van der Waals surface area contributed by atoms with Crippen molar-refractivity contribution in [2.75, 3.05) is 6.54 Å². The van der Waals surface area contributed by atoms with Gasteiger partial charge in [0.15, 0.2) is 0 Å². The number of hydrogen-bond donors (Lipinski definition) is 0. The summed E-state index contributed by atoms with van der Waals surface area (Å²) in [5, 5.41) is 10.5. The van der Waals surface area contributed by atoms with Gasteiger partial charge in [-0.1, -0.05) is 0 Å². The minimum Gasteiger partial charge on any atom is -0.467 e. The number of amides is 1. The Morgan fingerprint density at radius 2 is 2.37 bits per heavy atom. The summed E-state index contributed by atoms with van der Waals surface area (Å²) in [5.41, 5.74) is 0. The fourth-order valence-corrected chi connectivity index (χ4v) is 3.13. The Bertz CT molecular complexity index is 586. The molecule has 0 radical (unpaired) electrons. The van der Waals surface area contributed by atoms with Crippen LogP contribution in [0.25, 0.3) is 0 Å². The van der Waals surface area contributed by atoms with Gasteiger partial charge in [0.1, 0.15) is 10.6 Å². The van der Waals surface area contributed by atoms with Crippen molar-refractivity contribution in [2.45, 2.75) is 13.0 Å². The monoisotopic (exact) mass is 338 g/mol. The quantitative estimate of drug-likeness (QED) is 0.835. The maximum atomic E-state index is 12.4. The van der Waals surface area contributed by atoms with E-state index in [0.717, 1.165) is 4.47 Å². The van der Waals surface area contributed by atoms with E-state index in [4.69, 9.17) is 9.68 Å². The van der Waals surface area contributed by atoms with Crippen LogP contribution < -0.4 is 0 Å². The van der Waals surface area contributed by atoms with Crippen molar-refractivity contribution >= 4 is 33.2 Å². The van der Waals surface area contributed by atoms with Crippen LogP contribution in [0.4, 0.5) is 0 Å². The summed E-state index contributed by atoms with van der Waals surface area (Å²) in [7, 11) is 0. The standard InChI is InChI=1S/C13H11BrN2O2S/c14-11-4-8-19-12(11)13(17)16(6-2-5-15)9-10-3-1-7-18-10/h1,3-4,7-8H,2,6,9H2. The molecule has 0 bridgehead atoms. The zero-order chi connectivity index (χ0) is 13.7. The van der Waals surface area contributed by atoms with Crippen LogP contribution >= 0.6 is 27.3 Å². The second-order valence-corrected chi connectivity index (χ2v) is 5.58. The lowest BCUT2D eigenvalue weighted by Gasteiger charge is -2.19. The molecule has 0 aliphatic rings. The lowest BCUT2D eigenvalue weighted by molar-refractivity contribution is 0.0739. The Morgan fingerprint density at radius 1 is 1.53 bits per heavy atom. The van der Waals surface area contributed by atoms with Crippen molar-refractivity contribution in [3.8, 4) is 6.07 Å². The molecule has 0 atom stereocenters. The van der Waals surface area contributed by atoms with Gasteiger partial charge in [-0.3, -0.25) is 4.79 Å². The van der Waals surface area contributed by atoms with Crippen molar-refractivity contribution < 1.29 is 9.21 Å². The second kappa shape index (κ2) is 6.55. The molecule has 0 aliphatic carbocycles. The molecule has 0 saturated carbocycles. The predicted octanol–water partition coefficient (Wildman–Crippen LogP) is 3.66. The largest absolute Gasteiger partial charge is 0.467 e. The molecular formula is C13H11BrN2O2S. The van der Waals surface area contributed by atoms with E-state index in [1.54, 1.807) is 17.2 Å². The first-order valence-electron chi connectivity index (χ1n) is 5.64. The van der Waals surface area contributed by atoms with Crippen LogP contribution in [0.5, 0.6) is 0 Å². The molecule has 0 saturated heterocycles. The number of furan rings is 1. The van der Waals surface area contributed by atoms with Crippen LogP contribution in [-0.4, -0.2) is 17.4 Å². The van der Waals surface area contributed by atoms with E-state index in [2.05, 4.69) is 22.0 Å². The number of thiophene rings is 1. The lowest BCUT2D eigenvalue weighted by atomic mass is 10.3. The van der Waals surface area contributed by atoms with Crippen LogP contribution in [0.2, 0.25) is 0 Å². The molecule has 0 N–H and O–H groups in total. The number of rotatable bonds is 5. The average Bonchev–Trinajstić information content (AvgIpc) is 3.05. The van der Waals surface area contributed by atoms with E-state index in [1.807, 2.05) is 17.5 Å². The van der Waals surface area contributed by atoms with Crippen LogP contribution in [0.1, 0.15) is 21.9 Å². The van der Waals surface area contributed by atoms with Gasteiger partial charge in [0.25, 0.3) is 5.91 Å². The molecule has 2 heterocycles. The molecule has 2 rings (SSSR count). The molecule has 0 fully saturated rings. The van der Waals surface area contributed by atoms with Crippen LogP contribution in [0.3, 0.4) is 0 Å². The SMILES string of the molecule is N#CCCN(Cc1ccco1)C(=O)c1sccc1Br. The normalized spacial score (nSPS) is 10.1. The summed E-state index contributed by atoms with van der Waals surface area (Å²) in [6.45, 7) is 0.762. The summed E-state index contributed by atoms with van der Waals surface area (Å²) in [4.78, 5) is 14.7. The van der Waals surface area contributed by atoms with E-state index in [9.17, 15) is 4.79 Å². The molecular weight excluding hydrogens is 328 g/mol. The van der Waals surface area contributed by atoms with Gasteiger partial charge in [-0.2, -0.15) is 5.26 Å². The zero-order valence-electron chi connectivity index (χ0n) is 10.0. The van der Waals surface area contributed by atoms with Gasteiger partial charge < -0.3 is 9.32 Å². The van der Waals surface area contributed by atoms with Gasteiger partial charge in [-0.25, -0.2) is 0 Å². The van der Waals surface area contributed by atoms with Crippen molar-refractivity contribution in [3.63, 3.8) is 0 Å². The summed E-state index contributed by atoms with van der Waals surface area (Å²) >= 11 is 4.74. The molecule has 0 aromatic carbocycles. The zero-order valence-corrected chi connectivity index (χ0v) is 12.4. The summed E-state index contributed by atoms with van der Waals surface area (Å²) in [6, 6.07) is 7.50. The first kappa shape index (κ1) is 13.8. The maximum Gasteiger partial charge on any atom is 0.265 e. The van der Waals surface area contributed by atoms with Crippen LogP contribution in [0.15, 0.2) is 38.7 Å². The van der Waals surface area contributed by atoms with E-state index in [-0.39, 0.29) is 5.91 Å². The second-order valence-electron chi connectivity index (χ2n) is 3.81. The summed E-state index contributed by atoms with van der Waals surface area (Å²) in [5.74, 6) is 0.618. The van der Waals surface area contributed by atoms with Crippen LogP contribution in [-0.2, 0) is 6.54 Å². The van der Waals surface area contributed by atoms with Crippen molar-refractivity contribution in [1.82, 2.24) is 4.90 Å². The number of nitriles is 1. The molecule has 19 heavy (non-hydrogen) atoms. The average molecular weight is 339 g/mol. The highest BCUT2D eigenvalue weighted by atomic mass is 79.9. The van der Waals surface area contributed by atoms with E-state index in [1.165, 1.54) is 11.3 Å². The Morgan fingerprint density at radius 3 is 2.95 bits per heavy atom. The Kier molecular flexibility index (Phi) is 4.77. The first-order chi connectivity index (χ1) is 9.22. The Hall–Kier alpha value is -1.58. The summed E-state index contributed by atoms with van der Waals surface area (Å²) < 4.78 is 6.04. The number of carbonyl (C=O) groups is 1. The minimum absolute atomic E-state index is 0.0893. The van der Waals surface area contributed by atoms with E-state index >= 15 is 0 Å². The first-order valence-corrected chi connectivity index (χ1v) is 7.31. The molecule has 0 aliphatic heterocycles. The van der Waals surface area contributed by atoms with Gasteiger partial charge in [0.2, 0.25) is 0 Å². The molecule has 2 aromatic heterocycles. The van der Waals surface area contributed by atoms with Gasteiger partial charge in [0.05, 0.1) is 25.3 Å². The fourth-order valence-electron chi connectivity index (χ4n) is 1.62. The highest BCUT2D eigenvalue weighted by molar-refractivity contribution is 9.10. The van der Waals surface area contributed by atoms with Crippen LogP contribution in [0, 0.1) is 11.3 Å². The molecule has 0 unspecified atom stereocenters. The van der Waals surface area contributed by atoms with Gasteiger partial charge >= 0.3 is 0 Å². The maximum absolute atomic E-state index is 12.4. The smallest absolute Gasteiger partial charge is 0.265 e. The van der Waals surface area contributed by atoms with Crippen molar-refractivity contribution in [2.24, 2.45) is 0 Å². The summed E-state index contributed by atoms with van der Waals surface area (Å²) in [6.07, 6.45) is 1.87. The topological polar surface area (TPSA) is 57.2 Å². The Balaban J connectivity index is 2.15. The Labute approximate surface area is 123 Å². The predicted molar refractivity (Wildman–Crippen MR) is 75.7 cm³/mol. The lowest BCUT2D eigenvalue weighted by Crippen LogP contribution is -2.30. The van der Waals surface area contributed by atoms with Gasteiger partial charge in [-0.15, -0.1) is 11.3 Å². The molecule has 98 valence electrons. The highest BCUT2D eigenvalue weighted by Crippen LogP contribution is 2.25. The molecule has 1 amide bonds. The van der Waals surface area contributed by atoms with E-state index in [0.29, 0.717) is 30.1 Å². The van der Waals surface area contributed by atoms with Gasteiger partial charge in [0, 0.05) is 11.0 Å². The number of nitrogens with zero attached hydrogens (tertiary/aromatic N) is 2. The van der Waals surface area contributed by atoms with Crippen molar-refractivity contribution in [3.05, 3.63) is 45.0 Å². The number of carbonyl (C=O) groups excluding carboxylic acids is 1. The molecule has 6 heteroatoms. The van der Waals surface area contributed by atoms with E-state index < -0.39 is 0 Å². The highest BCUT2D eigenvalue weighted by Gasteiger charge is 2.20. The number of hydrogen-bond acceptors (Lipinski definition) is 4. The third-order valence-corrected chi connectivity index (χ3v) is 4.34. The fraction of sp³-hybridized carbons (Fsp3) is 0.231. The minimum atomic E-state index is -0.0893. The third kappa shape index (κ3) is 3.46. The number of halogens is 1. The van der Waals surface area contributed by atoms with Gasteiger partial charge in [-0.05, 0) is 39.5 Å².